The van der Waals surface area contributed by atoms with Gasteiger partial charge in [0, 0.05) is 7.05 Å². The summed E-state index contributed by atoms with van der Waals surface area (Å²) in [4.78, 5) is 36.9. The molecule has 160 valence electrons. The third-order valence-electron chi connectivity index (χ3n) is 4.42. The molecule has 0 atom stereocenters. The summed E-state index contributed by atoms with van der Waals surface area (Å²) in [5.74, 6) is -1.22. The number of thiocarbonyl (C=S) groups is 1. The van der Waals surface area contributed by atoms with Crippen molar-refractivity contribution in [2.24, 2.45) is 0 Å². The molecule has 2 amide bonds. The SMILES string of the molecule is COc1cc(/C=C2\C(=O)NC(=S)N(C)C2=O)cc(I)c1OCc1cccc(C(=O)O)c1. The van der Waals surface area contributed by atoms with Gasteiger partial charge in [0.1, 0.15) is 12.2 Å². The summed E-state index contributed by atoms with van der Waals surface area (Å²) in [6, 6.07) is 9.84. The predicted octanol–water partition coefficient (Wildman–Crippen LogP) is 2.83. The molecule has 0 unspecified atom stereocenters. The maximum absolute atomic E-state index is 12.4. The van der Waals surface area contributed by atoms with Gasteiger partial charge in [-0.25, -0.2) is 4.79 Å². The lowest BCUT2D eigenvalue weighted by atomic mass is 10.1. The highest BCUT2D eigenvalue weighted by atomic mass is 127. The van der Waals surface area contributed by atoms with Crippen molar-refractivity contribution in [2.45, 2.75) is 6.61 Å². The molecule has 8 nitrogen and oxygen atoms in total. The molecule has 0 radical (unpaired) electrons. The molecule has 2 N–H and O–H groups in total. The van der Waals surface area contributed by atoms with E-state index in [0.717, 1.165) is 0 Å². The lowest BCUT2D eigenvalue weighted by Gasteiger charge is -2.25. The van der Waals surface area contributed by atoms with Crippen LogP contribution < -0.4 is 14.8 Å². The molecular weight excluding hydrogens is 535 g/mol. The molecule has 1 aliphatic heterocycles. The van der Waals surface area contributed by atoms with Crippen LogP contribution in [0, 0.1) is 3.57 Å². The number of methoxy groups -OCH3 is 1. The minimum Gasteiger partial charge on any atom is -0.493 e. The van der Waals surface area contributed by atoms with Crippen molar-refractivity contribution in [2.75, 3.05) is 14.2 Å². The van der Waals surface area contributed by atoms with Crippen LogP contribution >= 0.6 is 34.8 Å². The third kappa shape index (κ3) is 5.02. The van der Waals surface area contributed by atoms with Crippen LogP contribution in [0.2, 0.25) is 0 Å². The van der Waals surface area contributed by atoms with Gasteiger partial charge in [0.2, 0.25) is 0 Å². The van der Waals surface area contributed by atoms with Crippen molar-refractivity contribution < 1.29 is 29.0 Å². The number of carboxylic acid groups (broad SMARTS) is 1. The van der Waals surface area contributed by atoms with E-state index in [1.807, 2.05) is 0 Å². The first-order valence-electron chi connectivity index (χ1n) is 8.89. The van der Waals surface area contributed by atoms with Gasteiger partial charge in [-0.05, 0) is 76.3 Å². The number of likely N-dealkylation sites (N-methyl/N-ethyl adjacent to an activating group) is 1. The number of carbonyl (C=O) groups is 3. The van der Waals surface area contributed by atoms with E-state index in [2.05, 4.69) is 27.9 Å². The normalized spacial score (nSPS) is 15.1. The molecule has 0 saturated carbocycles. The number of hydrogen-bond donors (Lipinski definition) is 2. The highest BCUT2D eigenvalue weighted by Gasteiger charge is 2.30. The van der Waals surface area contributed by atoms with Gasteiger partial charge < -0.3 is 14.6 Å². The monoisotopic (exact) mass is 552 g/mol. The zero-order valence-electron chi connectivity index (χ0n) is 16.5. The van der Waals surface area contributed by atoms with Gasteiger partial charge in [0.05, 0.1) is 16.2 Å². The number of amides is 2. The van der Waals surface area contributed by atoms with Gasteiger partial charge in [-0.15, -0.1) is 0 Å². The van der Waals surface area contributed by atoms with E-state index in [4.69, 9.17) is 26.8 Å². The molecule has 3 rings (SSSR count). The topological polar surface area (TPSA) is 105 Å². The first-order chi connectivity index (χ1) is 14.7. The molecule has 0 aromatic heterocycles. The van der Waals surface area contributed by atoms with Crippen molar-refractivity contribution in [1.82, 2.24) is 10.2 Å². The van der Waals surface area contributed by atoms with Gasteiger partial charge in [-0.2, -0.15) is 0 Å². The Morgan fingerprint density at radius 1 is 1.29 bits per heavy atom. The van der Waals surface area contributed by atoms with Gasteiger partial charge in [0.25, 0.3) is 11.8 Å². The van der Waals surface area contributed by atoms with Crippen molar-refractivity contribution >= 4 is 63.8 Å². The van der Waals surface area contributed by atoms with Gasteiger partial charge >= 0.3 is 5.97 Å². The summed E-state index contributed by atoms with van der Waals surface area (Å²) < 4.78 is 12.0. The molecule has 31 heavy (non-hydrogen) atoms. The Hall–Kier alpha value is -2.99. The predicted molar refractivity (Wildman–Crippen MR) is 125 cm³/mol. The van der Waals surface area contributed by atoms with E-state index >= 15 is 0 Å². The number of carbonyl (C=O) groups excluding carboxylic acids is 2. The van der Waals surface area contributed by atoms with E-state index in [1.165, 1.54) is 37.3 Å². The third-order valence-corrected chi connectivity index (χ3v) is 5.60. The molecule has 1 saturated heterocycles. The molecule has 1 heterocycles. The first kappa shape index (κ1) is 22.7. The summed E-state index contributed by atoms with van der Waals surface area (Å²) in [5.41, 5.74) is 1.38. The van der Waals surface area contributed by atoms with Crippen molar-refractivity contribution in [3.05, 3.63) is 62.2 Å². The fraction of sp³-hybridized carbons (Fsp3) is 0.143. The van der Waals surface area contributed by atoms with E-state index in [9.17, 15) is 14.4 Å². The summed E-state index contributed by atoms with van der Waals surface area (Å²) in [6.07, 6.45) is 1.46. The van der Waals surface area contributed by atoms with E-state index in [0.29, 0.717) is 26.2 Å². The largest absolute Gasteiger partial charge is 0.493 e. The fourth-order valence-corrected chi connectivity index (χ4v) is 3.78. The second-order valence-corrected chi connectivity index (χ2v) is 8.06. The average Bonchev–Trinajstić information content (AvgIpc) is 2.74. The van der Waals surface area contributed by atoms with Gasteiger partial charge in [0.15, 0.2) is 16.6 Å². The van der Waals surface area contributed by atoms with Gasteiger partial charge in [-0.3, -0.25) is 19.8 Å². The molecular formula is C21H17IN2O6S. The maximum Gasteiger partial charge on any atom is 0.335 e. The van der Waals surface area contributed by atoms with Crippen molar-refractivity contribution in [3.63, 3.8) is 0 Å². The van der Waals surface area contributed by atoms with Crippen molar-refractivity contribution in [3.8, 4) is 11.5 Å². The average molecular weight is 552 g/mol. The molecule has 2 aromatic rings. The Labute approximate surface area is 197 Å². The van der Waals surface area contributed by atoms with Crippen LogP contribution in [-0.4, -0.2) is 47.1 Å². The Morgan fingerprint density at radius 2 is 2.03 bits per heavy atom. The minimum atomic E-state index is -1.01. The maximum atomic E-state index is 12.4. The summed E-state index contributed by atoms with van der Waals surface area (Å²) in [7, 11) is 2.96. The lowest BCUT2D eigenvalue weighted by molar-refractivity contribution is -0.128. The minimum absolute atomic E-state index is 0.0480. The first-order valence-corrected chi connectivity index (χ1v) is 10.4. The summed E-state index contributed by atoms with van der Waals surface area (Å²) in [6.45, 7) is 0.136. The highest BCUT2D eigenvalue weighted by Crippen LogP contribution is 2.35. The number of benzene rings is 2. The van der Waals surface area contributed by atoms with Crippen LogP contribution in [0.5, 0.6) is 11.5 Å². The number of hydrogen-bond acceptors (Lipinski definition) is 6. The summed E-state index contributed by atoms with van der Waals surface area (Å²) in [5, 5.41) is 11.6. The number of ether oxygens (including phenoxy) is 2. The van der Waals surface area contributed by atoms with Crippen LogP contribution in [0.1, 0.15) is 21.5 Å². The smallest absolute Gasteiger partial charge is 0.335 e. The number of carboxylic acids is 1. The molecule has 2 aromatic carbocycles. The molecule has 10 heteroatoms. The number of nitrogens with zero attached hydrogens (tertiary/aromatic N) is 1. The van der Waals surface area contributed by atoms with Crippen LogP contribution in [0.25, 0.3) is 6.08 Å². The van der Waals surface area contributed by atoms with Crippen LogP contribution in [0.3, 0.4) is 0 Å². The quantitative estimate of drug-likeness (QED) is 0.246. The highest BCUT2D eigenvalue weighted by molar-refractivity contribution is 14.1. The second-order valence-electron chi connectivity index (χ2n) is 6.51. The Morgan fingerprint density at radius 3 is 2.71 bits per heavy atom. The molecule has 0 spiro atoms. The Balaban J connectivity index is 1.88. The second kappa shape index (κ2) is 9.43. The number of aromatic carboxylic acids is 1. The Kier molecular flexibility index (Phi) is 6.91. The van der Waals surface area contributed by atoms with Crippen LogP contribution in [0.4, 0.5) is 0 Å². The van der Waals surface area contributed by atoms with E-state index in [1.54, 1.807) is 24.3 Å². The lowest BCUT2D eigenvalue weighted by Crippen LogP contribution is -2.52. The summed E-state index contributed by atoms with van der Waals surface area (Å²) >= 11 is 7.01. The molecule has 0 bridgehead atoms. The zero-order chi connectivity index (χ0) is 22.7. The molecule has 0 aliphatic carbocycles. The Bertz CT molecular complexity index is 1130. The van der Waals surface area contributed by atoms with Gasteiger partial charge in [-0.1, -0.05) is 12.1 Å². The fourth-order valence-electron chi connectivity index (χ4n) is 2.83. The van der Waals surface area contributed by atoms with E-state index in [-0.39, 0.29) is 22.9 Å². The van der Waals surface area contributed by atoms with Crippen LogP contribution in [-0.2, 0) is 16.2 Å². The zero-order valence-corrected chi connectivity index (χ0v) is 19.4. The van der Waals surface area contributed by atoms with E-state index < -0.39 is 17.8 Å². The number of nitrogens with one attached hydrogen (secondary N) is 1. The molecule has 1 fully saturated rings. The van der Waals surface area contributed by atoms with Crippen molar-refractivity contribution in [1.29, 1.82) is 0 Å². The number of halogens is 1. The van der Waals surface area contributed by atoms with Crippen LogP contribution in [0.15, 0.2) is 42.0 Å². The number of rotatable bonds is 6. The molecule has 1 aliphatic rings. The standard InChI is InChI=1S/C21H17IN2O6S/c1-24-19(26)14(18(25)23-21(24)31)7-12-8-15(22)17(16(9-12)29-2)30-10-11-4-3-5-13(6-11)20(27)28/h3-9H,10H2,1-2H3,(H,27,28)(H,23,25,31)/b14-7+.